The first kappa shape index (κ1) is 8.52. The summed E-state index contributed by atoms with van der Waals surface area (Å²) >= 11 is 0. The fraction of sp³-hybridized carbons (Fsp3) is 1.00. The largest absolute Gasteiger partial charge is 0.393 e. The summed E-state index contributed by atoms with van der Waals surface area (Å²) < 4.78 is 0. The molecule has 2 rings (SSSR count). The summed E-state index contributed by atoms with van der Waals surface area (Å²) in [6.45, 7) is 2.14. The maximum Gasteiger partial charge on any atom is 0.0597 e. The van der Waals surface area contributed by atoms with Gasteiger partial charge in [-0.3, -0.25) is 0 Å². The predicted molar refractivity (Wildman–Crippen MR) is 46.7 cm³/mol. The second-order valence-electron chi connectivity index (χ2n) is 4.67. The molecule has 2 aliphatic rings. The molecule has 0 spiro atoms. The van der Waals surface area contributed by atoms with Gasteiger partial charge in [0.05, 0.1) is 12.2 Å². The van der Waals surface area contributed by atoms with E-state index in [2.05, 4.69) is 6.92 Å². The van der Waals surface area contributed by atoms with Gasteiger partial charge in [0.15, 0.2) is 0 Å². The molecule has 4 atom stereocenters. The van der Waals surface area contributed by atoms with Crippen LogP contribution in [0.25, 0.3) is 0 Å². The molecule has 2 aliphatic carbocycles. The lowest BCUT2D eigenvalue weighted by molar-refractivity contribution is -0.0481. The molecule has 0 heterocycles. The third-order valence-electron chi connectivity index (χ3n) is 4.04. The Bertz CT molecular complexity index is 181. The zero-order valence-electron chi connectivity index (χ0n) is 7.66. The van der Waals surface area contributed by atoms with Gasteiger partial charge in [0.25, 0.3) is 0 Å². The molecule has 2 nitrogen and oxygen atoms in total. The van der Waals surface area contributed by atoms with Crippen molar-refractivity contribution in [2.24, 2.45) is 11.3 Å². The maximum absolute atomic E-state index is 9.79. The average molecular weight is 170 g/mol. The van der Waals surface area contributed by atoms with E-state index in [1.54, 1.807) is 0 Å². The highest BCUT2D eigenvalue weighted by atomic mass is 16.3. The fourth-order valence-corrected chi connectivity index (χ4v) is 3.12. The van der Waals surface area contributed by atoms with Gasteiger partial charge < -0.3 is 10.2 Å². The third kappa shape index (κ3) is 1.01. The molecule has 2 N–H and O–H groups in total. The van der Waals surface area contributed by atoms with E-state index < -0.39 is 0 Å². The van der Waals surface area contributed by atoms with Crippen LogP contribution in [-0.4, -0.2) is 22.4 Å². The Morgan fingerprint density at radius 2 is 1.92 bits per heavy atom. The number of rotatable bonds is 0. The number of aliphatic hydroxyl groups excluding tert-OH is 2. The van der Waals surface area contributed by atoms with Crippen LogP contribution in [0.3, 0.4) is 0 Å². The summed E-state index contributed by atoms with van der Waals surface area (Å²) in [6.07, 6.45) is 4.68. The Labute approximate surface area is 73.6 Å². The summed E-state index contributed by atoms with van der Waals surface area (Å²) in [5.74, 6) is 0.362. The van der Waals surface area contributed by atoms with E-state index in [-0.39, 0.29) is 17.6 Å². The predicted octanol–water partition coefficient (Wildman–Crippen LogP) is 1.31. The first-order valence-corrected chi connectivity index (χ1v) is 5.01. The molecule has 70 valence electrons. The van der Waals surface area contributed by atoms with Gasteiger partial charge in [0, 0.05) is 0 Å². The molecule has 2 saturated carbocycles. The van der Waals surface area contributed by atoms with E-state index in [4.69, 9.17) is 0 Å². The van der Waals surface area contributed by atoms with Crippen molar-refractivity contribution in [3.63, 3.8) is 0 Å². The second kappa shape index (κ2) is 2.71. The Morgan fingerprint density at radius 3 is 2.58 bits per heavy atom. The fourth-order valence-electron chi connectivity index (χ4n) is 3.12. The van der Waals surface area contributed by atoms with Crippen LogP contribution in [0.4, 0.5) is 0 Å². The van der Waals surface area contributed by atoms with Crippen molar-refractivity contribution in [3.05, 3.63) is 0 Å². The zero-order chi connectivity index (χ0) is 8.77. The number of hydrogen-bond acceptors (Lipinski definition) is 2. The highest BCUT2D eigenvalue weighted by molar-refractivity contribution is 5.00. The van der Waals surface area contributed by atoms with Gasteiger partial charge in [-0.2, -0.15) is 0 Å². The second-order valence-corrected chi connectivity index (χ2v) is 4.67. The molecular weight excluding hydrogens is 152 g/mol. The molecule has 0 radical (unpaired) electrons. The quantitative estimate of drug-likeness (QED) is 0.575. The van der Waals surface area contributed by atoms with Crippen LogP contribution in [0.15, 0.2) is 0 Å². The molecular formula is C10H18O2. The minimum Gasteiger partial charge on any atom is -0.393 e. The molecule has 0 amide bonds. The number of fused-ring (bicyclic) bond motifs is 1. The molecule has 2 heteroatoms. The molecule has 2 fully saturated rings. The van der Waals surface area contributed by atoms with E-state index in [0.717, 1.165) is 32.1 Å². The molecule has 0 aromatic rings. The van der Waals surface area contributed by atoms with Crippen LogP contribution < -0.4 is 0 Å². The minimum absolute atomic E-state index is 0.0255. The van der Waals surface area contributed by atoms with Gasteiger partial charge in [-0.1, -0.05) is 13.3 Å². The van der Waals surface area contributed by atoms with Crippen molar-refractivity contribution in [3.8, 4) is 0 Å². The SMILES string of the molecule is C[C@]12CCC[C@H](O)[C@@H]1CC[C@@H]2O. The van der Waals surface area contributed by atoms with E-state index in [9.17, 15) is 10.2 Å². The normalized spacial score (nSPS) is 53.8. The van der Waals surface area contributed by atoms with E-state index in [0.29, 0.717) is 5.92 Å². The summed E-state index contributed by atoms with van der Waals surface area (Å²) in [5.41, 5.74) is 0.0255. The maximum atomic E-state index is 9.79. The average Bonchev–Trinajstić information content (AvgIpc) is 2.30. The van der Waals surface area contributed by atoms with Crippen molar-refractivity contribution in [1.29, 1.82) is 0 Å². The number of hydrogen-bond donors (Lipinski definition) is 2. The van der Waals surface area contributed by atoms with Crippen molar-refractivity contribution in [1.82, 2.24) is 0 Å². The monoisotopic (exact) mass is 170 g/mol. The Morgan fingerprint density at radius 1 is 1.17 bits per heavy atom. The van der Waals surface area contributed by atoms with Crippen LogP contribution in [0.1, 0.15) is 39.0 Å². The Hall–Kier alpha value is -0.0800. The highest BCUT2D eigenvalue weighted by Gasteiger charge is 2.50. The van der Waals surface area contributed by atoms with Gasteiger partial charge in [0.1, 0.15) is 0 Å². The molecule has 0 aliphatic heterocycles. The molecule has 0 aromatic heterocycles. The molecule has 0 bridgehead atoms. The van der Waals surface area contributed by atoms with Crippen LogP contribution >= 0.6 is 0 Å². The van der Waals surface area contributed by atoms with Gasteiger partial charge in [0.2, 0.25) is 0 Å². The van der Waals surface area contributed by atoms with Crippen LogP contribution in [0.2, 0.25) is 0 Å². The molecule has 12 heavy (non-hydrogen) atoms. The smallest absolute Gasteiger partial charge is 0.0597 e. The van der Waals surface area contributed by atoms with Gasteiger partial charge in [-0.15, -0.1) is 0 Å². The standard InChI is InChI=1S/C10H18O2/c1-10-6-2-3-8(11)7(10)4-5-9(10)12/h7-9,11-12H,2-6H2,1H3/t7-,8-,9-,10-/m0/s1. The zero-order valence-corrected chi connectivity index (χ0v) is 7.66. The first-order valence-electron chi connectivity index (χ1n) is 5.01. The van der Waals surface area contributed by atoms with Crippen molar-refractivity contribution in [2.75, 3.05) is 0 Å². The molecule has 0 aromatic carbocycles. The lowest BCUT2D eigenvalue weighted by Crippen LogP contribution is -2.41. The molecule has 0 saturated heterocycles. The van der Waals surface area contributed by atoms with Crippen LogP contribution in [0.5, 0.6) is 0 Å². The Kier molecular flexibility index (Phi) is 1.92. The minimum atomic E-state index is -0.169. The Balaban J connectivity index is 2.20. The van der Waals surface area contributed by atoms with E-state index >= 15 is 0 Å². The number of aliphatic hydroxyl groups is 2. The van der Waals surface area contributed by atoms with Crippen molar-refractivity contribution in [2.45, 2.75) is 51.2 Å². The topological polar surface area (TPSA) is 40.5 Å². The lowest BCUT2D eigenvalue weighted by Gasteiger charge is -2.41. The summed E-state index contributed by atoms with van der Waals surface area (Å²) in [5, 5.41) is 19.5. The van der Waals surface area contributed by atoms with Gasteiger partial charge in [-0.25, -0.2) is 0 Å². The van der Waals surface area contributed by atoms with Crippen molar-refractivity contribution >= 4 is 0 Å². The first-order chi connectivity index (χ1) is 5.64. The van der Waals surface area contributed by atoms with Crippen LogP contribution in [0, 0.1) is 11.3 Å². The van der Waals surface area contributed by atoms with Gasteiger partial charge in [-0.05, 0) is 37.0 Å². The van der Waals surface area contributed by atoms with E-state index in [1.807, 2.05) is 0 Å². The van der Waals surface area contributed by atoms with Gasteiger partial charge >= 0.3 is 0 Å². The highest BCUT2D eigenvalue weighted by Crippen LogP contribution is 2.51. The lowest BCUT2D eigenvalue weighted by atomic mass is 9.67. The summed E-state index contributed by atoms with van der Waals surface area (Å²) in [6, 6.07) is 0. The molecule has 0 unspecified atom stereocenters. The van der Waals surface area contributed by atoms with Crippen molar-refractivity contribution < 1.29 is 10.2 Å². The van der Waals surface area contributed by atoms with E-state index in [1.165, 1.54) is 0 Å². The third-order valence-corrected chi connectivity index (χ3v) is 4.04. The van der Waals surface area contributed by atoms with Crippen LogP contribution in [-0.2, 0) is 0 Å². The summed E-state index contributed by atoms with van der Waals surface area (Å²) in [7, 11) is 0. The summed E-state index contributed by atoms with van der Waals surface area (Å²) in [4.78, 5) is 0.